The van der Waals surface area contributed by atoms with E-state index in [1.165, 1.54) is 57.8 Å². The van der Waals surface area contributed by atoms with Gasteiger partial charge in [0.05, 0.1) is 0 Å². The molecular weight excluding hydrogens is 266 g/mol. The number of nitrogens with two attached hydrogens (primary N) is 1. The van der Waals surface area contributed by atoms with Crippen LogP contribution in [0.4, 0.5) is 0 Å². The quantitative estimate of drug-likeness (QED) is 0.479. The Morgan fingerprint density at radius 3 is 2.15 bits per heavy atom. The number of hydrogen-bond donors (Lipinski definition) is 1. The molecule has 0 aliphatic carbocycles. The summed E-state index contributed by atoms with van der Waals surface area (Å²) in [6, 6.07) is 8.08. The number of hydrogen-bond acceptors (Lipinski definition) is 1. The van der Waals surface area contributed by atoms with Gasteiger partial charge in [-0.1, -0.05) is 88.4 Å². The standard InChI is InChI=1S/C18H30ClN/c1-2-3-4-5-6-7-8-9-10-14-18(20)16-12-11-13-17(19)15-16/h11-13,15,18H,2-10,14,20H2,1H3. The van der Waals surface area contributed by atoms with Gasteiger partial charge in [-0.05, 0) is 24.1 Å². The highest BCUT2D eigenvalue weighted by Crippen LogP contribution is 2.21. The van der Waals surface area contributed by atoms with Crippen molar-refractivity contribution >= 4 is 11.6 Å². The second-order valence-electron chi connectivity index (χ2n) is 5.78. The molecule has 0 spiro atoms. The topological polar surface area (TPSA) is 26.0 Å². The van der Waals surface area contributed by atoms with E-state index < -0.39 is 0 Å². The Morgan fingerprint density at radius 2 is 1.55 bits per heavy atom. The van der Waals surface area contributed by atoms with Crippen molar-refractivity contribution in [2.75, 3.05) is 0 Å². The molecule has 1 aromatic rings. The summed E-state index contributed by atoms with van der Waals surface area (Å²) in [6.45, 7) is 2.27. The fourth-order valence-electron chi connectivity index (χ4n) is 2.58. The van der Waals surface area contributed by atoms with Crippen LogP contribution in [0.5, 0.6) is 0 Å². The summed E-state index contributed by atoms with van der Waals surface area (Å²) < 4.78 is 0. The Balaban J connectivity index is 2.01. The Morgan fingerprint density at radius 1 is 0.950 bits per heavy atom. The Hall–Kier alpha value is -0.530. The molecule has 1 rings (SSSR count). The molecule has 1 unspecified atom stereocenters. The van der Waals surface area contributed by atoms with Crippen molar-refractivity contribution in [2.45, 2.75) is 77.2 Å². The maximum atomic E-state index is 6.20. The predicted octanol–water partition coefficient (Wildman–Crippen LogP) is 6.26. The first-order chi connectivity index (χ1) is 9.74. The van der Waals surface area contributed by atoms with Gasteiger partial charge in [0, 0.05) is 11.1 Å². The molecule has 0 saturated carbocycles. The van der Waals surface area contributed by atoms with Crippen LogP contribution in [0.1, 0.15) is 82.7 Å². The molecule has 0 saturated heterocycles. The highest BCUT2D eigenvalue weighted by molar-refractivity contribution is 6.30. The molecule has 1 atom stereocenters. The van der Waals surface area contributed by atoms with Crippen molar-refractivity contribution in [1.82, 2.24) is 0 Å². The molecule has 0 bridgehead atoms. The second kappa shape index (κ2) is 11.2. The molecule has 0 heterocycles. The molecule has 0 fully saturated rings. The molecule has 0 aliphatic rings. The smallest absolute Gasteiger partial charge is 0.0409 e. The van der Waals surface area contributed by atoms with E-state index in [2.05, 4.69) is 13.0 Å². The van der Waals surface area contributed by atoms with Crippen molar-refractivity contribution in [3.8, 4) is 0 Å². The monoisotopic (exact) mass is 295 g/mol. The van der Waals surface area contributed by atoms with Gasteiger partial charge in [0.2, 0.25) is 0 Å². The number of rotatable bonds is 11. The van der Waals surface area contributed by atoms with Gasteiger partial charge < -0.3 is 5.73 Å². The SMILES string of the molecule is CCCCCCCCCCCC(N)c1cccc(Cl)c1. The molecule has 1 nitrogen and oxygen atoms in total. The van der Waals surface area contributed by atoms with Crippen molar-refractivity contribution in [1.29, 1.82) is 0 Å². The fourth-order valence-corrected chi connectivity index (χ4v) is 2.78. The van der Waals surface area contributed by atoms with Crippen LogP contribution in [0.25, 0.3) is 0 Å². The van der Waals surface area contributed by atoms with Crippen molar-refractivity contribution < 1.29 is 0 Å². The minimum Gasteiger partial charge on any atom is -0.324 e. The lowest BCUT2D eigenvalue weighted by atomic mass is 10.00. The third kappa shape index (κ3) is 7.91. The third-order valence-corrected chi connectivity index (χ3v) is 4.13. The molecule has 2 heteroatoms. The zero-order chi connectivity index (χ0) is 14.6. The zero-order valence-electron chi connectivity index (χ0n) is 12.9. The van der Waals surface area contributed by atoms with Crippen molar-refractivity contribution in [2.24, 2.45) is 5.73 Å². The van der Waals surface area contributed by atoms with E-state index in [1.54, 1.807) is 0 Å². The van der Waals surface area contributed by atoms with E-state index in [4.69, 9.17) is 17.3 Å². The minimum absolute atomic E-state index is 0.137. The highest BCUT2D eigenvalue weighted by Gasteiger charge is 2.05. The number of halogens is 1. The molecule has 1 aromatic carbocycles. The molecule has 114 valence electrons. The van der Waals surface area contributed by atoms with Gasteiger partial charge >= 0.3 is 0 Å². The van der Waals surface area contributed by atoms with Crippen LogP contribution in [-0.2, 0) is 0 Å². The van der Waals surface area contributed by atoms with E-state index in [1.807, 2.05) is 18.2 Å². The van der Waals surface area contributed by atoms with Crippen LogP contribution in [0.15, 0.2) is 24.3 Å². The Labute approximate surface area is 129 Å². The van der Waals surface area contributed by atoms with Gasteiger partial charge in [-0.25, -0.2) is 0 Å². The molecule has 0 amide bonds. The molecule has 20 heavy (non-hydrogen) atoms. The summed E-state index contributed by atoms with van der Waals surface area (Å²) in [5, 5.41) is 0.782. The van der Waals surface area contributed by atoms with E-state index in [9.17, 15) is 0 Å². The fraction of sp³-hybridized carbons (Fsp3) is 0.667. The first-order valence-corrected chi connectivity index (χ1v) is 8.63. The lowest BCUT2D eigenvalue weighted by Gasteiger charge is -2.12. The molecular formula is C18H30ClN. The lowest BCUT2D eigenvalue weighted by molar-refractivity contribution is 0.532. The average molecular weight is 296 g/mol. The van der Waals surface area contributed by atoms with Gasteiger partial charge in [-0.15, -0.1) is 0 Å². The number of benzene rings is 1. The predicted molar refractivity (Wildman–Crippen MR) is 90.2 cm³/mol. The maximum Gasteiger partial charge on any atom is 0.0409 e. The van der Waals surface area contributed by atoms with Gasteiger partial charge in [0.1, 0.15) is 0 Å². The zero-order valence-corrected chi connectivity index (χ0v) is 13.7. The number of unbranched alkanes of at least 4 members (excludes halogenated alkanes) is 8. The van der Waals surface area contributed by atoms with Gasteiger partial charge in [0.15, 0.2) is 0 Å². The Bertz CT molecular complexity index is 351. The molecule has 0 aromatic heterocycles. The van der Waals surface area contributed by atoms with Gasteiger partial charge in [-0.3, -0.25) is 0 Å². The van der Waals surface area contributed by atoms with Crippen LogP contribution in [-0.4, -0.2) is 0 Å². The van der Waals surface area contributed by atoms with Crippen LogP contribution >= 0.6 is 11.6 Å². The van der Waals surface area contributed by atoms with Crippen LogP contribution in [0, 0.1) is 0 Å². The van der Waals surface area contributed by atoms with Crippen LogP contribution in [0.3, 0.4) is 0 Å². The van der Waals surface area contributed by atoms with E-state index in [-0.39, 0.29) is 6.04 Å². The largest absolute Gasteiger partial charge is 0.324 e. The minimum atomic E-state index is 0.137. The van der Waals surface area contributed by atoms with E-state index >= 15 is 0 Å². The van der Waals surface area contributed by atoms with Crippen LogP contribution in [0.2, 0.25) is 5.02 Å². The summed E-state index contributed by atoms with van der Waals surface area (Å²) in [4.78, 5) is 0. The summed E-state index contributed by atoms with van der Waals surface area (Å²) in [7, 11) is 0. The summed E-state index contributed by atoms with van der Waals surface area (Å²) in [5.74, 6) is 0. The second-order valence-corrected chi connectivity index (χ2v) is 6.22. The van der Waals surface area contributed by atoms with E-state index in [0.717, 1.165) is 17.0 Å². The van der Waals surface area contributed by atoms with E-state index in [0.29, 0.717) is 0 Å². The summed E-state index contributed by atoms with van der Waals surface area (Å²) in [6.07, 6.45) is 13.3. The first kappa shape index (κ1) is 17.5. The average Bonchev–Trinajstić information content (AvgIpc) is 2.45. The summed E-state index contributed by atoms with van der Waals surface area (Å²) >= 11 is 5.99. The van der Waals surface area contributed by atoms with Gasteiger partial charge in [-0.2, -0.15) is 0 Å². The summed E-state index contributed by atoms with van der Waals surface area (Å²) in [5.41, 5.74) is 7.36. The lowest BCUT2D eigenvalue weighted by Crippen LogP contribution is -2.09. The Kier molecular flexibility index (Phi) is 9.78. The first-order valence-electron chi connectivity index (χ1n) is 8.25. The molecule has 0 aliphatic heterocycles. The van der Waals surface area contributed by atoms with Crippen molar-refractivity contribution in [3.63, 3.8) is 0 Å². The highest BCUT2D eigenvalue weighted by atomic mass is 35.5. The normalized spacial score (nSPS) is 12.6. The van der Waals surface area contributed by atoms with Gasteiger partial charge in [0.25, 0.3) is 0 Å². The molecule has 0 radical (unpaired) electrons. The van der Waals surface area contributed by atoms with Crippen LogP contribution < -0.4 is 5.73 Å². The molecule has 2 N–H and O–H groups in total. The maximum absolute atomic E-state index is 6.20. The van der Waals surface area contributed by atoms with Crippen molar-refractivity contribution in [3.05, 3.63) is 34.9 Å². The third-order valence-electron chi connectivity index (χ3n) is 3.90.